The van der Waals surface area contributed by atoms with Gasteiger partial charge in [-0.25, -0.2) is 4.98 Å². The maximum atomic E-state index is 12.2. The lowest BCUT2D eigenvalue weighted by atomic mass is 10.1. The van der Waals surface area contributed by atoms with Crippen LogP contribution in [0.5, 0.6) is 0 Å². The first-order valence-electron chi connectivity index (χ1n) is 7.12. The molecule has 4 heteroatoms. The van der Waals surface area contributed by atoms with E-state index in [2.05, 4.69) is 17.2 Å². The fourth-order valence-corrected chi connectivity index (χ4v) is 2.18. The Morgan fingerprint density at radius 2 is 1.95 bits per heavy atom. The molecule has 0 radical (unpaired) electrons. The lowest BCUT2D eigenvalue weighted by Gasteiger charge is -2.18. The molecule has 21 heavy (non-hydrogen) atoms. The van der Waals surface area contributed by atoms with E-state index < -0.39 is 0 Å². The van der Waals surface area contributed by atoms with Crippen LogP contribution < -0.4 is 10.2 Å². The molecule has 0 aliphatic heterocycles. The third-order valence-electron chi connectivity index (χ3n) is 3.32. The number of carbonyl (C=O) groups is 1. The van der Waals surface area contributed by atoms with Crippen LogP contribution in [-0.2, 0) is 11.2 Å². The molecular formula is C17H21N3O. The Kier molecular flexibility index (Phi) is 4.93. The van der Waals surface area contributed by atoms with Crippen molar-refractivity contribution in [2.45, 2.75) is 20.3 Å². The highest BCUT2D eigenvalue weighted by Crippen LogP contribution is 2.16. The first-order chi connectivity index (χ1) is 10.1. The van der Waals surface area contributed by atoms with E-state index in [4.69, 9.17) is 0 Å². The Labute approximate surface area is 125 Å². The van der Waals surface area contributed by atoms with Gasteiger partial charge in [-0.1, -0.05) is 31.2 Å². The van der Waals surface area contributed by atoms with Crippen LogP contribution in [0.2, 0.25) is 0 Å². The molecule has 0 atom stereocenters. The largest absolute Gasteiger partial charge is 0.350 e. The molecule has 1 heterocycles. The third kappa shape index (κ3) is 4.05. The third-order valence-corrected chi connectivity index (χ3v) is 3.32. The quantitative estimate of drug-likeness (QED) is 0.917. The van der Waals surface area contributed by atoms with Crippen LogP contribution >= 0.6 is 0 Å². The van der Waals surface area contributed by atoms with Crippen molar-refractivity contribution in [3.63, 3.8) is 0 Å². The summed E-state index contributed by atoms with van der Waals surface area (Å²) in [5, 5.41) is 2.97. The van der Waals surface area contributed by atoms with E-state index in [1.165, 1.54) is 0 Å². The number of amides is 1. The van der Waals surface area contributed by atoms with Gasteiger partial charge in [-0.15, -0.1) is 0 Å². The second-order valence-electron chi connectivity index (χ2n) is 5.05. The summed E-state index contributed by atoms with van der Waals surface area (Å²) >= 11 is 0. The Bertz CT molecular complexity index is 625. The highest BCUT2D eigenvalue weighted by Gasteiger charge is 2.10. The summed E-state index contributed by atoms with van der Waals surface area (Å²) in [6, 6.07) is 13.7. The summed E-state index contributed by atoms with van der Waals surface area (Å²) in [5.74, 6) is 0.760. The summed E-state index contributed by atoms with van der Waals surface area (Å²) in [4.78, 5) is 18.4. The van der Waals surface area contributed by atoms with E-state index in [1.54, 1.807) is 0 Å². The van der Waals surface area contributed by atoms with E-state index in [0.717, 1.165) is 29.2 Å². The molecule has 0 aliphatic rings. The van der Waals surface area contributed by atoms with Crippen LogP contribution in [0.4, 0.5) is 11.5 Å². The average Bonchev–Trinajstić information content (AvgIpc) is 2.47. The highest BCUT2D eigenvalue weighted by molar-refractivity contribution is 5.94. The molecule has 0 saturated carbocycles. The summed E-state index contributed by atoms with van der Waals surface area (Å²) < 4.78 is 0. The zero-order valence-electron chi connectivity index (χ0n) is 12.8. The van der Waals surface area contributed by atoms with Crippen LogP contribution in [0.25, 0.3) is 0 Å². The number of benzene rings is 1. The number of aryl methyl sites for hydroxylation is 2. The van der Waals surface area contributed by atoms with Crippen LogP contribution in [0, 0.1) is 6.92 Å². The number of carbonyl (C=O) groups excluding carboxylic acids is 1. The predicted octanol–water partition coefficient (Wildman–Crippen LogP) is 3.03. The normalized spacial score (nSPS) is 10.2. The summed E-state index contributed by atoms with van der Waals surface area (Å²) in [6.07, 6.45) is 0.895. The van der Waals surface area contributed by atoms with Gasteiger partial charge in [-0.2, -0.15) is 0 Å². The van der Waals surface area contributed by atoms with E-state index >= 15 is 0 Å². The van der Waals surface area contributed by atoms with E-state index in [-0.39, 0.29) is 12.5 Å². The molecule has 1 N–H and O–H groups in total. The van der Waals surface area contributed by atoms with Crippen molar-refractivity contribution >= 4 is 17.4 Å². The SMILES string of the molecule is CCc1ccccc1NC(=O)CN(C)c1cccc(C)n1. The zero-order chi connectivity index (χ0) is 15.2. The zero-order valence-corrected chi connectivity index (χ0v) is 12.8. The van der Waals surface area contributed by atoms with Crippen molar-refractivity contribution < 1.29 is 4.79 Å². The van der Waals surface area contributed by atoms with Gasteiger partial charge in [-0.05, 0) is 37.1 Å². The molecular weight excluding hydrogens is 262 g/mol. The maximum absolute atomic E-state index is 12.2. The number of rotatable bonds is 5. The van der Waals surface area contributed by atoms with Gasteiger partial charge in [0.05, 0.1) is 6.54 Å². The molecule has 4 nitrogen and oxygen atoms in total. The van der Waals surface area contributed by atoms with Crippen LogP contribution in [0.15, 0.2) is 42.5 Å². The van der Waals surface area contributed by atoms with Crippen molar-refractivity contribution in [3.8, 4) is 0 Å². The number of nitrogens with one attached hydrogen (secondary N) is 1. The highest BCUT2D eigenvalue weighted by atomic mass is 16.2. The molecule has 2 aromatic rings. The average molecular weight is 283 g/mol. The number of likely N-dealkylation sites (N-methyl/N-ethyl adjacent to an activating group) is 1. The van der Waals surface area contributed by atoms with E-state index in [9.17, 15) is 4.79 Å². The van der Waals surface area contributed by atoms with Gasteiger partial charge in [0.15, 0.2) is 0 Å². The van der Waals surface area contributed by atoms with Gasteiger partial charge in [0.25, 0.3) is 0 Å². The summed E-state index contributed by atoms with van der Waals surface area (Å²) in [6.45, 7) is 4.29. The predicted molar refractivity (Wildman–Crippen MR) is 86.7 cm³/mol. The second kappa shape index (κ2) is 6.88. The fraction of sp³-hybridized carbons (Fsp3) is 0.294. The van der Waals surface area contributed by atoms with Gasteiger partial charge >= 0.3 is 0 Å². The molecule has 1 aromatic carbocycles. The molecule has 110 valence electrons. The number of aromatic nitrogens is 1. The first-order valence-corrected chi connectivity index (χ1v) is 7.12. The molecule has 1 amide bonds. The standard InChI is InChI=1S/C17H21N3O/c1-4-14-9-5-6-10-15(14)19-17(21)12-20(3)16-11-7-8-13(2)18-16/h5-11H,4,12H2,1-3H3,(H,19,21). The van der Waals surface area contributed by atoms with Crippen LogP contribution in [0.3, 0.4) is 0 Å². The summed E-state index contributed by atoms with van der Waals surface area (Å²) in [7, 11) is 1.87. The van der Waals surface area contributed by atoms with Gasteiger partial charge in [0, 0.05) is 18.4 Å². The van der Waals surface area contributed by atoms with Gasteiger partial charge < -0.3 is 10.2 Å². The molecule has 0 unspecified atom stereocenters. The maximum Gasteiger partial charge on any atom is 0.243 e. The van der Waals surface area contributed by atoms with Crippen molar-refractivity contribution in [2.24, 2.45) is 0 Å². The van der Waals surface area contributed by atoms with Crippen molar-refractivity contribution in [3.05, 3.63) is 53.7 Å². The lowest BCUT2D eigenvalue weighted by molar-refractivity contribution is -0.114. The van der Waals surface area contributed by atoms with Crippen molar-refractivity contribution in [1.29, 1.82) is 0 Å². The molecule has 0 spiro atoms. The molecule has 0 saturated heterocycles. The van der Waals surface area contributed by atoms with Crippen LogP contribution in [-0.4, -0.2) is 24.5 Å². The monoisotopic (exact) mass is 283 g/mol. The molecule has 2 rings (SSSR count). The van der Waals surface area contributed by atoms with Gasteiger partial charge in [0.2, 0.25) is 5.91 Å². The smallest absolute Gasteiger partial charge is 0.243 e. The lowest BCUT2D eigenvalue weighted by Crippen LogP contribution is -2.30. The van der Waals surface area contributed by atoms with Crippen LogP contribution in [0.1, 0.15) is 18.2 Å². The van der Waals surface area contributed by atoms with Gasteiger partial charge in [-0.3, -0.25) is 4.79 Å². The number of hydrogen-bond acceptors (Lipinski definition) is 3. The minimum absolute atomic E-state index is 0.0401. The van der Waals surface area contributed by atoms with Gasteiger partial charge in [0.1, 0.15) is 5.82 Å². The Morgan fingerprint density at radius 3 is 2.67 bits per heavy atom. The second-order valence-corrected chi connectivity index (χ2v) is 5.05. The number of hydrogen-bond donors (Lipinski definition) is 1. The molecule has 0 aliphatic carbocycles. The number of pyridine rings is 1. The Hall–Kier alpha value is -2.36. The molecule has 1 aromatic heterocycles. The topological polar surface area (TPSA) is 45.2 Å². The van der Waals surface area contributed by atoms with E-state index in [0.29, 0.717) is 0 Å². The molecule has 0 fully saturated rings. The first kappa shape index (κ1) is 15.0. The minimum atomic E-state index is -0.0401. The number of para-hydroxylation sites is 1. The fourth-order valence-electron chi connectivity index (χ4n) is 2.18. The minimum Gasteiger partial charge on any atom is -0.350 e. The van der Waals surface area contributed by atoms with Crippen molar-refractivity contribution in [1.82, 2.24) is 4.98 Å². The van der Waals surface area contributed by atoms with Crippen molar-refractivity contribution in [2.75, 3.05) is 23.8 Å². The Morgan fingerprint density at radius 1 is 1.19 bits per heavy atom. The number of anilines is 2. The van der Waals surface area contributed by atoms with E-state index in [1.807, 2.05) is 61.3 Å². The number of nitrogens with zero attached hydrogens (tertiary/aromatic N) is 2. The Balaban J connectivity index is 2.01. The molecule has 0 bridgehead atoms. The summed E-state index contributed by atoms with van der Waals surface area (Å²) in [5.41, 5.74) is 2.97.